The lowest BCUT2D eigenvalue weighted by Gasteiger charge is -2.19. The fraction of sp³-hybridized carbons (Fsp3) is 0.333. The molecule has 0 aliphatic rings. The number of hydrogen-bond donors (Lipinski definition) is 0. The molecule has 0 saturated carbocycles. The van der Waals surface area contributed by atoms with Gasteiger partial charge < -0.3 is 4.90 Å². The third-order valence-electron chi connectivity index (χ3n) is 2.15. The van der Waals surface area contributed by atoms with Crippen molar-refractivity contribution < 1.29 is 4.79 Å². The molecular formula is C12H13ClN2O. The first kappa shape index (κ1) is 12.5. The number of halogens is 1. The molecule has 1 aromatic carbocycles. The second kappa shape index (κ2) is 6.14. The van der Waals surface area contributed by atoms with Crippen LogP contribution in [0.1, 0.15) is 23.7 Å². The Labute approximate surface area is 100 Å². The molecule has 0 aliphatic heterocycles. The smallest absolute Gasteiger partial charge is 0.256 e. The van der Waals surface area contributed by atoms with Crippen LogP contribution in [-0.4, -0.2) is 23.9 Å². The Kier molecular flexibility index (Phi) is 4.81. The van der Waals surface area contributed by atoms with Crippen LogP contribution in [0.5, 0.6) is 0 Å². The van der Waals surface area contributed by atoms with Gasteiger partial charge in [0, 0.05) is 6.54 Å². The van der Waals surface area contributed by atoms with E-state index in [1.165, 1.54) is 4.90 Å². The molecule has 0 bridgehead atoms. The second-order valence-corrected chi connectivity index (χ2v) is 3.77. The molecular weight excluding hydrogens is 224 g/mol. The molecule has 0 atom stereocenters. The zero-order chi connectivity index (χ0) is 12.0. The number of hydrogen-bond acceptors (Lipinski definition) is 2. The summed E-state index contributed by atoms with van der Waals surface area (Å²) in [6.45, 7) is 2.62. The second-order valence-electron chi connectivity index (χ2n) is 3.36. The van der Waals surface area contributed by atoms with Crippen LogP contribution in [0, 0.1) is 11.3 Å². The van der Waals surface area contributed by atoms with Crippen LogP contribution in [0.4, 0.5) is 0 Å². The molecule has 1 rings (SSSR count). The van der Waals surface area contributed by atoms with Gasteiger partial charge in [0.2, 0.25) is 0 Å². The van der Waals surface area contributed by atoms with Crippen molar-refractivity contribution in [3.05, 3.63) is 34.9 Å². The average molecular weight is 237 g/mol. The number of nitrogens with zero attached hydrogens (tertiary/aromatic N) is 2. The third-order valence-corrected chi connectivity index (χ3v) is 2.48. The van der Waals surface area contributed by atoms with Crippen LogP contribution in [0.2, 0.25) is 5.02 Å². The van der Waals surface area contributed by atoms with E-state index in [4.69, 9.17) is 16.9 Å². The molecule has 0 spiro atoms. The Morgan fingerprint density at radius 1 is 1.50 bits per heavy atom. The minimum Gasteiger partial charge on any atom is -0.325 e. The Bertz CT molecular complexity index is 412. The molecule has 0 heterocycles. The van der Waals surface area contributed by atoms with Crippen LogP contribution in [0.15, 0.2) is 24.3 Å². The molecule has 4 heteroatoms. The van der Waals surface area contributed by atoms with Crippen molar-refractivity contribution in [3.63, 3.8) is 0 Å². The zero-order valence-electron chi connectivity index (χ0n) is 9.11. The van der Waals surface area contributed by atoms with Gasteiger partial charge in [-0.3, -0.25) is 4.79 Å². The molecule has 0 saturated heterocycles. The van der Waals surface area contributed by atoms with Crippen LogP contribution in [-0.2, 0) is 0 Å². The Morgan fingerprint density at radius 2 is 2.19 bits per heavy atom. The molecule has 84 valence electrons. The Hall–Kier alpha value is -1.53. The summed E-state index contributed by atoms with van der Waals surface area (Å²) in [4.78, 5) is 13.5. The summed E-state index contributed by atoms with van der Waals surface area (Å²) in [6.07, 6.45) is 0.817. The van der Waals surface area contributed by atoms with E-state index in [-0.39, 0.29) is 12.5 Å². The summed E-state index contributed by atoms with van der Waals surface area (Å²) < 4.78 is 0. The SMILES string of the molecule is CCCN(CC#N)C(=O)c1ccccc1Cl. The van der Waals surface area contributed by atoms with Gasteiger partial charge in [-0.25, -0.2) is 0 Å². The topological polar surface area (TPSA) is 44.1 Å². The molecule has 0 aliphatic carbocycles. The first-order chi connectivity index (χ1) is 7.70. The maximum absolute atomic E-state index is 12.0. The van der Waals surface area contributed by atoms with E-state index in [1.54, 1.807) is 24.3 Å². The van der Waals surface area contributed by atoms with Gasteiger partial charge in [-0.1, -0.05) is 30.7 Å². The van der Waals surface area contributed by atoms with Crippen LogP contribution >= 0.6 is 11.6 Å². The molecule has 1 amide bonds. The third kappa shape index (κ3) is 2.98. The Morgan fingerprint density at radius 3 is 2.75 bits per heavy atom. The highest BCUT2D eigenvalue weighted by atomic mass is 35.5. The van der Waals surface area contributed by atoms with Crippen LogP contribution in [0.25, 0.3) is 0 Å². The highest BCUT2D eigenvalue weighted by Crippen LogP contribution is 2.17. The highest BCUT2D eigenvalue weighted by molar-refractivity contribution is 6.33. The van der Waals surface area contributed by atoms with E-state index in [0.29, 0.717) is 17.1 Å². The van der Waals surface area contributed by atoms with Gasteiger partial charge in [0.15, 0.2) is 0 Å². The molecule has 0 aromatic heterocycles. The summed E-state index contributed by atoms with van der Waals surface area (Å²) in [5.74, 6) is -0.186. The first-order valence-corrected chi connectivity index (χ1v) is 5.49. The minimum atomic E-state index is -0.186. The Balaban J connectivity index is 2.91. The van der Waals surface area contributed by atoms with Crippen LogP contribution < -0.4 is 0 Å². The molecule has 3 nitrogen and oxygen atoms in total. The predicted molar refractivity (Wildman–Crippen MR) is 63.3 cm³/mol. The lowest BCUT2D eigenvalue weighted by atomic mass is 10.2. The fourth-order valence-electron chi connectivity index (χ4n) is 1.41. The summed E-state index contributed by atoms with van der Waals surface area (Å²) in [6, 6.07) is 8.86. The van der Waals surface area contributed by atoms with Gasteiger partial charge in [-0.15, -0.1) is 0 Å². The van der Waals surface area contributed by atoms with Crippen molar-refractivity contribution in [3.8, 4) is 6.07 Å². The minimum absolute atomic E-state index is 0.0951. The van der Waals surface area contributed by atoms with E-state index in [0.717, 1.165) is 6.42 Å². The van der Waals surface area contributed by atoms with Crippen molar-refractivity contribution >= 4 is 17.5 Å². The number of carbonyl (C=O) groups excluding carboxylic acids is 1. The molecule has 0 radical (unpaired) electrons. The molecule has 16 heavy (non-hydrogen) atoms. The maximum atomic E-state index is 12.0. The summed E-state index contributed by atoms with van der Waals surface area (Å²) in [5.41, 5.74) is 0.452. The van der Waals surface area contributed by atoms with E-state index in [1.807, 2.05) is 13.0 Å². The zero-order valence-corrected chi connectivity index (χ0v) is 9.87. The number of amides is 1. The average Bonchev–Trinajstić information content (AvgIpc) is 2.28. The van der Waals surface area contributed by atoms with Gasteiger partial charge in [0.05, 0.1) is 16.7 Å². The maximum Gasteiger partial charge on any atom is 0.256 e. The van der Waals surface area contributed by atoms with Crippen molar-refractivity contribution in [1.82, 2.24) is 4.90 Å². The molecule has 0 fully saturated rings. The summed E-state index contributed by atoms with van der Waals surface area (Å²) >= 11 is 5.93. The van der Waals surface area contributed by atoms with Crippen molar-refractivity contribution in [2.45, 2.75) is 13.3 Å². The fourth-order valence-corrected chi connectivity index (χ4v) is 1.63. The lowest BCUT2D eigenvalue weighted by molar-refractivity contribution is 0.0776. The van der Waals surface area contributed by atoms with Gasteiger partial charge in [-0.05, 0) is 18.6 Å². The van der Waals surface area contributed by atoms with Crippen molar-refractivity contribution in [2.24, 2.45) is 0 Å². The van der Waals surface area contributed by atoms with Gasteiger partial charge in [0.25, 0.3) is 5.91 Å². The van der Waals surface area contributed by atoms with E-state index < -0.39 is 0 Å². The summed E-state index contributed by atoms with van der Waals surface area (Å²) in [7, 11) is 0. The van der Waals surface area contributed by atoms with Crippen LogP contribution in [0.3, 0.4) is 0 Å². The number of nitriles is 1. The summed E-state index contributed by atoms with van der Waals surface area (Å²) in [5, 5.41) is 9.07. The molecule has 0 unspecified atom stereocenters. The number of rotatable bonds is 4. The predicted octanol–water partition coefficient (Wildman–Crippen LogP) is 2.72. The highest BCUT2D eigenvalue weighted by Gasteiger charge is 2.16. The van der Waals surface area contributed by atoms with Gasteiger partial charge in [-0.2, -0.15) is 5.26 Å². The van der Waals surface area contributed by atoms with E-state index in [2.05, 4.69) is 0 Å². The largest absolute Gasteiger partial charge is 0.325 e. The van der Waals surface area contributed by atoms with E-state index >= 15 is 0 Å². The standard InChI is InChI=1S/C12H13ClN2O/c1-2-8-15(9-7-14)12(16)10-5-3-4-6-11(10)13/h3-6H,2,8-9H2,1H3. The van der Waals surface area contributed by atoms with Gasteiger partial charge >= 0.3 is 0 Å². The van der Waals surface area contributed by atoms with Crippen molar-refractivity contribution in [1.29, 1.82) is 5.26 Å². The number of carbonyl (C=O) groups is 1. The first-order valence-electron chi connectivity index (χ1n) is 5.11. The normalized spacial score (nSPS) is 9.56. The molecule has 1 aromatic rings. The van der Waals surface area contributed by atoms with Gasteiger partial charge in [0.1, 0.15) is 6.54 Å². The van der Waals surface area contributed by atoms with Crippen molar-refractivity contribution in [2.75, 3.05) is 13.1 Å². The lowest BCUT2D eigenvalue weighted by Crippen LogP contribution is -2.32. The van der Waals surface area contributed by atoms with E-state index in [9.17, 15) is 4.79 Å². The molecule has 0 N–H and O–H groups in total. The number of benzene rings is 1. The quantitative estimate of drug-likeness (QED) is 0.755. The monoisotopic (exact) mass is 236 g/mol.